The molecule has 7 nitrogen and oxygen atoms in total. The van der Waals surface area contributed by atoms with Crippen LogP contribution in [-0.4, -0.2) is 77.3 Å². The molecular formula is C32H40Cl2N2O5S2. The number of rotatable bonds is 11. The normalized spacial score (nSPS) is 15.4. The molecule has 0 N–H and O–H groups in total. The molecule has 0 saturated carbocycles. The molecule has 0 unspecified atom stereocenters. The highest BCUT2D eigenvalue weighted by Crippen LogP contribution is 2.31. The van der Waals surface area contributed by atoms with Gasteiger partial charge in [0.25, 0.3) is 0 Å². The monoisotopic (exact) mass is 666 g/mol. The molecule has 1 fully saturated rings. The number of benzene rings is 3. The van der Waals surface area contributed by atoms with Crippen molar-refractivity contribution >= 4 is 49.6 Å². The molecule has 1 heterocycles. The molecule has 3 aromatic carbocycles. The van der Waals surface area contributed by atoms with E-state index in [1.807, 2.05) is 42.2 Å². The van der Waals surface area contributed by atoms with Gasteiger partial charge in [-0.25, -0.2) is 16.8 Å². The van der Waals surface area contributed by atoms with E-state index in [1.165, 1.54) is 12.5 Å². The summed E-state index contributed by atoms with van der Waals surface area (Å²) in [5.74, 6) is 0.124. The number of carbonyl (C=O) groups excluding carboxylic acids is 1. The minimum atomic E-state index is -3.27. The summed E-state index contributed by atoms with van der Waals surface area (Å²) in [6, 6.07) is 21.7. The van der Waals surface area contributed by atoms with Gasteiger partial charge in [-0.3, -0.25) is 4.79 Å². The van der Waals surface area contributed by atoms with Crippen molar-refractivity contribution in [1.82, 2.24) is 9.80 Å². The summed E-state index contributed by atoms with van der Waals surface area (Å²) in [4.78, 5) is 18.1. The number of carbonyl (C=O) groups is 1. The number of nitrogens with zero attached hydrogens (tertiary/aromatic N) is 2. The van der Waals surface area contributed by atoms with Crippen molar-refractivity contribution in [1.29, 1.82) is 0 Å². The zero-order valence-corrected chi connectivity index (χ0v) is 28.0. The molecule has 1 saturated heterocycles. The number of sulfone groups is 2. The maximum Gasteiger partial charge on any atom is 0.227 e. The van der Waals surface area contributed by atoms with Crippen LogP contribution < -0.4 is 0 Å². The number of hydrogen-bond donors (Lipinski definition) is 0. The Kier molecular flexibility index (Phi) is 12.3. The molecule has 4 rings (SSSR count). The fourth-order valence-corrected chi connectivity index (χ4v) is 7.19. The van der Waals surface area contributed by atoms with Crippen LogP contribution in [0.15, 0.2) is 82.6 Å². The van der Waals surface area contributed by atoms with E-state index in [0.717, 1.165) is 55.6 Å². The number of likely N-dealkylation sites (N-methyl/N-ethyl adjacent to an activating group) is 1. The largest absolute Gasteiger partial charge is 0.340 e. The van der Waals surface area contributed by atoms with Crippen LogP contribution in [0, 0.1) is 0 Å². The summed E-state index contributed by atoms with van der Waals surface area (Å²) >= 11 is 6.33. The summed E-state index contributed by atoms with van der Waals surface area (Å²) in [5.41, 5.74) is 2.95. The molecule has 1 aliphatic heterocycles. The lowest BCUT2D eigenvalue weighted by Gasteiger charge is -2.38. The third kappa shape index (κ3) is 9.53. The summed E-state index contributed by atoms with van der Waals surface area (Å²) in [7, 11) is -6.54. The van der Waals surface area contributed by atoms with E-state index in [0.29, 0.717) is 16.5 Å². The van der Waals surface area contributed by atoms with Crippen LogP contribution in [0.3, 0.4) is 0 Å². The van der Waals surface area contributed by atoms with Gasteiger partial charge in [0.1, 0.15) is 0 Å². The highest BCUT2D eigenvalue weighted by atomic mass is 35.5. The van der Waals surface area contributed by atoms with E-state index < -0.39 is 19.7 Å². The predicted octanol–water partition coefficient (Wildman–Crippen LogP) is 5.65. The van der Waals surface area contributed by atoms with Crippen molar-refractivity contribution in [3.05, 3.63) is 94.5 Å². The van der Waals surface area contributed by atoms with Gasteiger partial charge in [0, 0.05) is 49.1 Å². The highest BCUT2D eigenvalue weighted by molar-refractivity contribution is 7.91. The van der Waals surface area contributed by atoms with Crippen molar-refractivity contribution in [3.63, 3.8) is 0 Å². The standard InChI is InChI=1S/C32H39ClN2O5S2.ClH/c1-4-35(32(36)22-24-8-12-29(13-9-24)41(2,37)38)28-16-19-34(20-17-28)21-18-31(26-6-5-7-27(33)23-26)25-10-14-30(15-11-25)42(3,39)40;/h5-15,23,28,31H,4,16-22H2,1-3H3;1H/t31-;/m1./s1. The Morgan fingerprint density at radius 3 is 1.95 bits per heavy atom. The van der Waals surface area contributed by atoms with Gasteiger partial charge in [-0.05, 0) is 85.8 Å². The molecular weight excluding hydrogens is 627 g/mol. The van der Waals surface area contributed by atoms with Crippen molar-refractivity contribution in [3.8, 4) is 0 Å². The Balaban J connectivity index is 0.00000506. The van der Waals surface area contributed by atoms with Crippen molar-refractivity contribution in [2.45, 2.75) is 54.4 Å². The first-order valence-electron chi connectivity index (χ1n) is 14.2. The van der Waals surface area contributed by atoms with Crippen molar-refractivity contribution < 1.29 is 21.6 Å². The van der Waals surface area contributed by atoms with E-state index >= 15 is 0 Å². The topological polar surface area (TPSA) is 91.8 Å². The molecule has 0 aliphatic carbocycles. The van der Waals surface area contributed by atoms with Crippen LogP contribution in [0.5, 0.6) is 0 Å². The van der Waals surface area contributed by atoms with Gasteiger partial charge in [0.15, 0.2) is 19.7 Å². The van der Waals surface area contributed by atoms with Gasteiger partial charge < -0.3 is 9.80 Å². The molecule has 1 amide bonds. The molecule has 1 aliphatic rings. The lowest BCUT2D eigenvalue weighted by atomic mass is 9.88. The lowest BCUT2D eigenvalue weighted by molar-refractivity contribution is -0.133. The molecule has 0 spiro atoms. The highest BCUT2D eigenvalue weighted by Gasteiger charge is 2.28. The first-order valence-corrected chi connectivity index (χ1v) is 18.4. The Morgan fingerprint density at radius 1 is 0.884 bits per heavy atom. The molecule has 0 radical (unpaired) electrons. The van der Waals surface area contributed by atoms with Crippen LogP contribution in [0.1, 0.15) is 48.8 Å². The van der Waals surface area contributed by atoms with Crippen LogP contribution in [0.2, 0.25) is 5.02 Å². The maximum atomic E-state index is 13.2. The quantitative estimate of drug-likeness (QED) is 0.263. The Hall–Kier alpha value is -2.43. The number of amides is 1. The van der Waals surface area contributed by atoms with E-state index in [2.05, 4.69) is 11.0 Å². The van der Waals surface area contributed by atoms with Gasteiger partial charge in [-0.2, -0.15) is 0 Å². The van der Waals surface area contributed by atoms with Gasteiger partial charge in [-0.15, -0.1) is 12.4 Å². The van der Waals surface area contributed by atoms with E-state index in [1.54, 1.807) is 36.4 Å². The number of halogens is 2. The zero-order chi connectivity index (χ0) is 30.5. The van der Waals surface area contributed by atoms with Crippen LogP contribution in [0.25, 0.3) is 0 Å². The third-order valence-electron chi connectivity index (χ3n) is 8.06. The Bertz CT molecular complexity index is 1590. The SMILES string of the molecule is CCN(C(=O)Cc1ccc(S(C)(=O)=O)cc1)C1CCN(CC[C@H](c2ccc(S(C)(=O)=O)cc2)c2cccc(Cl)c2)CC1.Cl. The van der Waals surface area contributed by atoms with Crippen molar-refractivity contribution in [2.24, 2.45) is 0 Å². The van der Waals surface area contributed by atoms with Crippen LogP contribution in [0.4, 0.5) is 0 Å². The Labute approximate surface area is 267 Å². The van der Waals surface area contributed by atoms with Gasteiger partial charge >= 0.3 is 0 Å². The molecule has 0 bridgehead atoms. The minimum Gasteiger partial charge on any atom is -0.340 e. The first-order chi connectivity index (χ1) is 19.8. The predicted molar refractivity (Wildman–Crippen MR) is 175 cm³/mol. The second kappa shape index (κ2) is 15.0. The maximum absolute atomic E-state index is 13.2. The van der Waals surface area contributed by atoms with Gasteiger partial charge in [0.2, 0.25) is 5.91 Å². The fraction of sp³-hybridized carbons (Fsp3) is 0.406. The number of hydrogen-bond acceptors (Lipinski definition) is 6. The summed E-state index contributed by atoms with van der Waals surface area (Å²) in [6.07, 6.45) is 5.26. The minimum absolute atomic E-state index is 0. The number of piperidine rings is 1. The average molecular weight is 668 g/mol. The lowest BCUT2D eigenvalue weighted by Crippen LogP contribution is -2.48. The smallest absolute Gasteiger partial charge is 0.227 e. The first kappa shape index (κ1) is 35.1. The van der Waals surface area contributed by atoms with Gasteiger partial charge in [0.05, 0.1) is 16.2 Å². The number of likely N-dealkylation sites (tertiary alicyclic amines) is 1. The van der Waals surface area contributed by atoms with E-state index in [9.17, 15) is 21.6 Å². The molecule has 11 heteroatoms. The molecule has 0 aromatic heterocycles. The van der Waals surface area contributed by atoms with E-state index in [4.69, 9.17) is 11.6 Å². The van der Waals surface area contributed by atoms with Crippen LogP contribution in [-0.2, 0) is 30.9 Å². The van der Waals surface area contributed by atoms with Gasteiger partial charge in [-0.1, -0.05) is 48.0 Å². The average Bonchev–Trinajstić information content (AvgIpc) is 2.94. The summed E-state index contributed by atoms with van der Waals surface area (Å²) < 4.78 is 47.4. The molecule has 1 atom stereocenters. The molecule has 43 heavy (non-hydrogen) atoms. The Morgan fingerprint density at radius 2 is 1.44 bits per heavy atom. The third-order valence-corrected chi connectivity index (χ3v) is 10.6. The second-order valence-electron chi connectivity index (χ2n) is 11.1. The molecule has 3 aromatic rings. The second-order valence-corrected chi connectivity index (χ2v) is 15.6. The van der Waals surface area contributed by atoms with E-state index in [-0.39, 0.29) is 41.6 Å². The van der Waals surface area contributed by atoms with Crippen LogP contribution >= 0.6 is 24.0 Å². The summed E-state index contributed by atoms with van der Waals surface area (Å²) in [6.45, 7) is 5.26. The summed E-state index contributed by atoms with van der Waals surface area (Å²) in [5, 5.41) is 0.668. The zero-order valence-electron chi connectivity index (χ0n) is 24.8. The fourth-order valence-electron chi connectivity index (χ4n) is 5.73. The van der Waals surface area contributed by atoms with Crippen molar-refractivity contribution in [2.75, 3.05) is 38.7 Å². The molecule has 234 valence electrons.